The van der Waals surface area contributed by atoms with E-state index in [-0.39, 0.29) is 6.10 Å². The van der Waals surface area contributed by atoms with Gasteiger partial charge in [-0.3, -0.25) is 0 Å². The van der Waals surface area contributed by atoms with Gasteiger partial charge >= 0.3 is 0 Å². The fraction of sp³-hybridized carbons (Fsp3) is 0.429. The third kappa shape index (κ3) is 4.59. The van der Waals surface area contributed by atoms with Crippen LogP contribution in [0.2, 0.25) is 0 Å². The number of halogens is 1. The topological polar surface area (TPSA) is 9.23 Å². The number of para-hydroxylation sites is 1. The minimum absolute atomic E-state index is 0.172. The normalized spacial score (nSPS) is 9.75. The van der Waals surface area contributed by atoms with Gasteiger partial charge in [0.1, 0.15) is 5.75 Å². The van der Waals surface area contributed by atoms with Gasteiger partial charge in [0.25, 0.3) is 0 Å². The zero-order chi connectivity index (χ0) is 11.8. The second-order valence-corrected chi connectivity index (χ2v) is 4.14. The van der Waals surface area contributed by atoms with E-state index in [9.17, 15) is 0 Å². The molecule has 0 aliphatic rings. The van der Waals surface area contributed by atoms with Gasteiger partial charge in [-0.1, -0.05) is 24.0 Å². The van der Waals surface area contributed by atoms with Crippen LogP contribution in [0.3, 0.4) is 0 Å². The molecular formula is C14H17ClO. The van der Waals surface area contributed by atoms with Crippen molar-refractivity contribution in [2.45, 2.75) is 32.8 Å². The maximum atomic E-state index is 5.67. The lowest BCUT2D eigenvalue weighted by Gasteiger charge is -2.10. The zero-order valence-electron chi connectivity index (χ0n) is 9.79. The Morgan fingerprint density at radius 2 is 2.06 bits per heavy atom. The summed E-state index contributed by atoms with van der Waals surface area (Å²) < 4.78 is 5.67. The number of benzene rings is 1. The summed E-state index contributed by atoms with van der Waals surface area (Å²) in [6.07, 6.45) is 1.94. The molecule has 0 aromatic heterocycles. The van der Waals surface area contributed by atoms with Gasteiger partial charge < -0.3 is 4.74 Å². The summed E-state index contributed by atoms with van der Waals surface area (Å²) in [4.78, 5) is 0. The highest BCUT2D eigenvalue weighted by molar-refractivity contribution is 6.17. The smallest absolute Gasteiger partial charge is 0.135 e. The number of ether oxygens (including phenoxy) is 1. The van der Waals surface area contributed by atoms with Gasteiger partial charge in [-0.15, -0.1) is 11.6 Å². The molecule has 0 amide bonds. The van der Waals surface area contributed by atoms with Crippen LogP contribution in [0, 0.1) is 11.8 Å². The molecule has 0 unspecified atom stereocenters. The first-order valence-electron chi connectivity index (χ1n) is 5.54. The zero-order valence-corrected chi connectivity index (χ0v) is 10.6. The molecule has 0 spiro atoms. The fourth-order valence-corrected chi connectivity index (χ4v) is 1.37. The van der Waals surface area contributed by atoms with E-state index >= 15 is 0 Å². The Labute approximate surface area is 103 Å². The fourth-order valence-electron chi connectivity index (χ4n) is 1.24. The van der Waals surface area contributed by atoms with Crippen molar-refractivity contribution in [3.8, 4) is 17.6 Å². The molecule has 0 bridgehead atoms. The minimum Gasteiger partial charge on any atom is -0.490 e. The highest BCUT2D eigenvalue weighted by atomic mass is 35.5. The molecule has 16 heavy (non-hydrogen) atoms. The molecule has 1 aromatic carbocycles. The van der Waals surface area contributed by atoms with Crippen molar-refractivity contribution in [1.29, 1.82) is 0 Å². The van der Waals surface area contributed by atoms with Crippen LogP contribution in [-0.4, -0.2) is 12.0 Å². The first-order chi connectivity index (χ1) is 7.74. The van der Waals surface area contributed by atoms with E-state index in [1.165, 1.54) is 0 Å². The van der Waals surface area contributed by atoms with Crippen LogP contribution < -0.4 is 4.74 Å². The Morgan fingerprint density at radius 1 is 1.31 bits per heavy atom. The van der Waals surface area contributed by atoms with Crippen molar-refractivity contribution in [2.75, 3.05) is 5.88 Å². The monoisotopic (exact) mass is 236 g/mol. The summed E-state index contributed by atoms with van der Waals surface area (Å²) in [7, 11) is 0. The van der Waals surface area contributed by atoms with Gasteiger partial charge in [-0.2, -0.15) is 0 Å². The summed E-state index contributed by atoms with van der Waals surface area (Å²) in [5.41, 5.74) is 0.950. The van der Waals surface area contributed by atoms with Crippen molar-refractivity contribution in [3.63, 3.8) is 0 Å². The molecule has 1 rings (SSSR count). The Kier molecular flexibility index (Phi) is 5.82. The Hall–Kier alpha value is -1.13. The van der Waals surface area contributed by atoms with E-state index < -0.39 is 0 Å². The first-order valence-corrected chi connectivity index (χ1v) is 6.08. The molecule has 0 fully saturated rings. The Bertz CT molecular complexity index is 374. The molecule has 0 saturated carbocycles. The largest absolute Gasteiger partial charge is 0.490 e. The lowest BCUT2D eigenvalue weighted by atomic mass is 10.2. The maximum Gasteiger partial charge on any atom is 0.135 e. The molecule has 86 valence electrons. The average Bonchev–Trinajstić information content (AvgIpc) is 2.26. The van der Waals surface area contributed by atoms with Crippen molar-refractivity contribution in [2.24, 2.45) is 0 Å². The van der Waals surface area contributed by atoms with Crippen molar-refractivity contribution < 1.29 is 4.74 Å². The summed E-state index contributed by atoms with van der Waals surface area (Å²) >= 11 is 5.59. The first kappa shape index (κ1) is 12.9. The second-order valence-electron chi connectivity index (χ2n) is 3.76. The van der Waals surface area contributed by atoms with Crippen LogP contribution in [0.4, 0.5) is 0 Å². The van der Waals surface area contributed by atoms with Crippen molar-refractivity contribution in [1.82, 2.24) is 0 Å². The van der Waals surface area contributed by atoms with E-state index in [0.29, 0.717) is 5.88 Å². The average molecular weight is 237 g/mol. The van der Waals surface area contributed by atoms with Crippen LogP contribution in [0.15, 0.2) is 24.3 Å². The van der Waals surface area contributed by atoms with Gasteiger partial charge in [-0.25, -0.2) is 0 Å². The van der Waals surface area contributed by atoms with Crippen LogP contribution in [-0.2, 0) is 0 Å². The van der Waals surface area contributed by atoms with E-state index in [4.69, 9.17) is 16.3 Å². The lowest BCUT2D eigenvalue weighted by Crippen LogP contribution is -2.06. The van der Waals surface area contributed by atoms with Gasteiger partial charge in [0.15, 0.2) is 0 Å². The molecule has 0 N–H and O–H groups in total. The number of hydrogen-bond acceptors (Lipinski definition) is 1. The van der Waals surface area contributed by atoms with Crippen LogP contribution in [0.1, 0.15) is 32.3 Å². The Balaban J connectivity index is 2.73. The SMILES string of the molecule is CC(C)Oc1ccccc1C#CCCCCl. The van der Waals surface area contributed by atoms with Gasteiger partial charge in [0.2, 0.25) is 0 Å². The second kappa shape index (κ2) is 7.19. The minimum atomic E-state index is 0.172. The molecule has 0 aliphatic carbocycles. The molecular weight excluding hydrogens is 220 g/mol. The molecule has 0 aliphatic heterocycles. The molecule has 0 radical (unpaired) electrons. The Morgan fingerprint density at radius 3 is 2.75 bits per heavy atom. The van der Waals surface area contributed by atoms with Crippen LogP contribution in [0.25, 0.3) is 0 Å². The highest BCUT2D eigenvalue weighted by Crippen LogP contribution is 2.18. The number of unbranched alkanes of at least 4 members (excludes halogenated alkanes) is 1. The number of alkyl halides is 1. The molecule has 0 saturated heterocycles. The number of hydrogen-bond donors (Lipinski definition) is 0. The van der Waals surface area contributed by atoms with Gasteiger partial charge in [-0.05, 0) is 32.4 Å². The summed E-state index contributed by atoms with van der Waals surface area (Å²) in [5.74, 6) is 7.74. The molecule has 2 heteroatoms. The summed E-state index contributed by atoms with van der Waals surface area (Å²) in [5, 5.41) is 0. The third-order valence-corrected chi connectivity index (χ3v) is 2.18. The maximum absolute atomic E-state index is 5.67. The van der Waals surface area contributed by atoms with Crippen LogP contribution >= 0.6 is 11.6 Å². The summed E-state index contributed by atoms with van der Waals surface area (Å²) in [6, 6.07) is 7.86. The molecule has 1 nitrogen and oxygen atoms in total. The third-order valence-electron chi connectivity index (χ3n) is 1.91. The predicted octanol–water partition coefficient (Wildman–Crippen LogP) is 3.84. The van der Waals surface area contributed by atoms with Gasteiger partial charge in [0.05, 0.1) is 11.7 Å². The van der Waals surface area contributed by atoms with Crippen molar-refractivity contribution in [3.05, 3.63) is 29.8 Å². The highest BCUT2D eigenvalue weighted by Gasteiger charge is 2.01. The lowest BCUT2D eigenvalue weighted by molar-refractivity contribution is 0.242. The van der Waals surface area contributed by atoms with Crippen molar-refractivity contribution >= 4 is 11.6 Å². The van der Waals surface area contributed by atoms with E-state index in [1.54, 1.807) is 0 Å². The quantitative estimate of drug-likeness (QED) is 0.439. The summed E-state index contributed by atoms with van der Waals surface area (Å²) in [6.45, 7) is 4.02. The van der Waals surface area contributed by atoms with Crippen LogP contribution in [0.5, 0.6) is 5.75 Å². The van der Waals surface area contributed by atoms with E-state index in [0.717, 1.165) is 24.2 Å². The van der Waals surface area contributed by atoms with E-state index in [1.807, 2.05) is 38.1 Å². The molecule has 0 heterocycles. The molecule has 0 atom stereocenters. The van der Waals surface area contributed by atoms with Gasteiger partial charge in [0, 0.05) is 12.3 Å². The molecule has 1 aromatic rings. The number of rotatable bonds is 4. The van der Waals surface area contributed by atoms with E-state index in [2.05, 4.69) is 11.8 Å². The predicted molar refractivity (Wildman–Crippen MR) is 69.0 cm³/mol. The standard InChI is InChI=1S/C14H17ClO/c1-12(2)16-14-10-6-5-9-13(14)8-4-3-7-11-15/h5-6,9-10,12H,3,7,11H2,1-2H3.